The fourth-order valence-corrected chi connectivity index (χ4v) is 3.56. The number of rotatable bonds is 1. The van der Waals surface area contributed by atoms with Crippen LogP contribution in [0, 0.1) is 17.3 Å². The Morgan fingerprint density at radius 3 is 2.10 bits per heavy atom. The van der Waals surface area contributed by atoms with E-state index in [1.165, 1.54) is 26.2 Å². The third-order valence-electron chi connectivity index (χ3n) is 4.79. The van der Waals surface area contributed by atoms with Crippen LogP contribution >= 0.6 is 0 Å². The van der Waals surface area contributed by atoms with E-state index in [9.17, 15) is 24.0 Å². The van der Waals surface area contributed by atoms with E-state index in [0.29, 0.717) is 0 Å². The largest absolute Gasteiger partial charge is 0.295 e. The second kappa shape index (κ2) is 4.09. The molecule has 3 atom stereocenters. The highest BCUT2D eigenvalue weighted by Crippen LogP contribution is 2.52. The molecule has 2 aliphatic heterocycles. The highest BCUT2D eigenvalue weighted by atomic mass is 16.2. The van der Waals surface area contributed by atoms with Crippen LogP contribution in [-0.2, 0) is 24.0 Å². The lowest BCUT2D eigenvalue weighted by Gasteiger charge is -2.34. The molecule has 2 fully saturated rings. The van der Waals surface area contributed by atoms with E-state index >= 15 is 0 Å². The Kier molecular flexibility index (Phi) is 2.66. The number of carbonyl (C=O) groups is 5. The number of imide groups is 2. The van der Waals surface area contributed by atoms with Gasteiger partial charge in [-0.3, -0.25) is 33.8 Å². The normalized spacial score (nSPS) is 36.0. The van der Waals surface area contributed by atoms with E-state index in [4.69, 9.17) is 0 Å². The number of ketones is 1. The average molecular weight is 290 g/mol. The van der Waals surface area contributed by atoms with Crippen molar-refractivity contribution in [1.29, 1.82) is 0 Å². The molecule has 0 spiro atoms. The second-order valence-electron chi connectivity index (χ2n) is 5.74. The monoisotopic (exact) mass is 290 g/mol. The molecule has 1 aliphatic carbocycles. The molecule has 21 heavy (non-hydrogen) atoms. The minimum Gasteiger partial charge on any atom is -0.295 e. The summed E-state index contributed by atoms with van der Waals surface area (Å²) >= 11 is 0. The maximum atomic E-state index is 12.6. The highest BCUT2D eigenvalue weighted by molar-refractivity contribution is 6.16. The molecule has 7 heteroatoms. The summed E-state index contributed by atoms with van der Waals surface area (Å²) in [5.74, 6) is -3.88. The van der Waals surface area contributed by atoms with Gasteiger partial charge in [-0.1, -0.05) is 6.08 Å². The average Bonchev–Trinajstić information content (AvgIpc) is 2.82. The maximum Gasteiger partial charge on any atom is 0.240 e. The zero-order valence-electron chi connectivity index (χ0n) is 11.7. The Balaban J connectivity index is 2.16. The van der Waals surface area contributed by atoms with E-state index < -0.39 is 35.0 Å². The summed E-state index contributed by atoms with van der Waals surface area (Å²) in [4.78, 5) is 62.4. The summed E-state index contributed by atoms with van der Waals surface area (Å²) in [5, 5.41) is 0. The molecular weight excluding hydrogens is 276 g/mol. The molecule has 3 rings (SSSR count). The van der Waals surface area contributed by atoms with E-state index in [-0.39, 0.29) is 24.5 Å². The topological polar surface area (TPSA) is 91.8 Å². The van der Waals surface area contributed by atoms with Gasteiger partial charge in [0.25, 0.3) is 0 Å². The van der Waals surface area contributed by atoms with Crippen molar-refractivity contribution in [1.82, 2.24) is 9.80 Å². The first kappa shape index (κ1) is 13.7. The van der Waals surface area contributed by atoms with Crippen LogP contribution in [0.5, 0.6) is 0 Å². The molecule has 0 aromatic rings. The van der Waals surface area contributed by atoms with Crippen molar-refractivity contribution in [2.24, 2.45) is 17.3 Å². The summed E-state index contributed by atoms with van der Waals surface area (Å²) < 4.78 is 0. The number of hydrogen-bond donors (Lipinski definition) is 0. The Hall–Kier alpha value is -2.31. The summed E-state index contributed by atoms with van der Waals surface area (Å²) in [7, 11) is 2.70. The molecular formula is C14H14N2O5. The first-order chi connectivity index (χ1) is 9.80. The Morgan fingerprint density at radius 1 is 0.952 bits per heavy atom. The van der Waals surface area contributed by atoms with Gasteiger partial charge in [0.15, 0.2) is 5.78 Å². The number of nitrogens with zero attached hydrogens (tertiary/aromatic N) is 2. The van der Waals surface area contributed by atoms with Crippen molar-refractivity contribution in [2.45, 2.75) is 12.8 Å². The summed E-state index contributed by atoms with van der Waals surface area (Å²) in [5.41, 5.74) is -1.39. The van der Waals surface area contributed by atoms with Crippen molar-refractivity contribution in [2.75, 3.05) is 14.1 Å². The molecule has 2 heterocycles. The van der Waals surface area contributed by atoms with Crippen LogP contribution in [-0.4, -0.2) is 53.3 Å². The van der Waals surface area contributed by atoms with Gasteiger partial charge in [-0.05, 0) is 6.08 Å². The third kappa shape index (κ3) is 1.51. The van der Waals surface area contributed by atoms with E-state index in [1.54, 1.807) is 0 Å². The first-order valence-electron chi connectivity index (χ1n) is 6.65. The number of allylic oxidation sites excluding steroid dienone is 1. The van der Waals surface area contributed by atoms with Crippen molar-refractivity contribution >= 4 is 29.4 Å². The molecule has 0 aromatic carbocycles. The summed E-state index contributed by atoms with van der Waals surface area (Å²) in [6, 6.07) is 0. The minimum atomic E-state index is -1.39. The Labute approximate surface area is 120 Å². The zero-order valence-corrected chi connectivity index (χ0v) is 11.7. The summed E-state index contributed by atoms with van der Waals surface area (Å²) in [6.45, 7) is 0. The molecule has 7 nitrogen and oxygen atoms in total. The Morgan fingerprint density at radius 2 is 1.52 bits per heavy atom. The van der Waals surface area contributed by atoms with E-state index in [1.807, 2.05) is 0 Å². The maximum absolute atomic E-state index is 12.6. The lowest BCUT2D eigenvalue weighted by molar-refractivity contribution is -0.145. The quantitative estimate of drug-likeness (QED) is 0.585. The molecule has 0 aromatic heterocycles. The van der Waals surface area contributed by atoms with Crippen LogP contribution < -0.4 is 0 Å². The molecule has 4 amide bonds. The van der Waals surface area contributed by atoms with Gasteiger partial charge in [0.1, 0.15) is 0 Å². The van der Waals surface area contributed by atoms with Crippen LogP contribution in [0.4, 0.5) is 0 Å². The molecule has 2 saturated heterocycles. The van der Waals surface area contributed by atoms with E-state index in [0.717, 1.165) is 9.80 Å². The fraction of sp³-hybridized carbons (Fsp3) is 0.500. The number of hydrogen-bond acceptors (Lipinski definition) is 5. The number of amides is 4. The third-order valence-corrected chi connectivity index (χ3v) is 4.79. The van der Waals surface area contributed by atoms with Gasteiger partial charge < -0.3 is 0 Å². The van der Waals surface area contributed by atoms with E-state index in [2.05, 4.69) is 0 Å². The predicted octanol–water partition coefficient (Wildman–Crippen LogP) is -0.878. The smallest absolute Gasteiger partial charge is 0.240 e. The van der Waals surface area contributed by atoms with Crippen molar-refractivity contribution < 1.29 is 24.0 Å². The van der Waals surface area contributed by atoms with Crippen LogP contribution in [0.3, 0.4) is 0 Å². The SMILES string of the molecule is CN1C(=O)C[C@@H]([C@@]23C=CC(=O)C[C@@H]2C(=O)N(C)C3=O)C1=O. The first-order valence-corrected chi connectivity index (χ1v) is 6.65. The highest BCUT2D eigenvalue weighted by Gasteiger charge is 2.65. The van der Waals surface area contributed by atoms with Crippen LogP contribution in [0.1, 0.15) is 12.8 Å². The van der Waals surface area contributed by atoms with Crippen LogP contribution in [0.2, 0.25) is 0 Å². The molecule has 0 bridgehead atoms. The van der Waals surface area contributed by atoms with Crippen LogP contribution in [0.15, 0.2) is 12.2 Å². The van der Waals surface area contributed by atoms with Gasteiger partial charge >= 0.3 is 0 Å². The van der Waals surface area contributed by atoms with Gasteiger partial charge in [-0.2, -0.15) is 0 Å². The van der Waals surface area contributed by atoms with Gasteiger partial charge in [-0.15, -0.1) is 0 Å². The standard InChI is InChI=1S/C14H14N2O5/c1-15-10(18)6-9(11(15)19)14-4-3-7(17)5-8(14)12(20)16(2)13(14)21/h3-4,8-9H,5-6H2,1-2H3/t8-,9-,14-/m1/s1. The van der Waals surface area contributed by atoms with Crippen LogP contribution in [0.25, 0.3) is 0 Å². The van der Waals surface area contributed by atoms with Gasteiger partial charge in [0, 0.05) is 26.9 Å². The molecule has 0 saturated carbocycles. The van der Waals surface area contributed by atoms with Crippen molar-refractivity contribution in [3.05, 3.63) is 12.2 Å². The lowest BCUT2D eigenvalue weighted by Crippen LogP contribution is -2.46. The minimum absolute atomic E-state index is 0.104. The van der Waals surface area contributed by atoms with Crippen molar-refractivity contribution in [3.63, 3.8) is 0 Å². The zero-order chi connectivity index (χ0) is 15.5. The molecule has 0 N–H and O–H groups in total. The molecule has 3 aliphatic rings. The molecule has 0 radical (unpaired) electrons. The number of likely N-dealkylation sites (tertiary alicyclic amines) is 2. The predicted molar refractivity (Wildman–Crippen MR) is 68.3 cm³/mol. The van der Waals surface area contributed by atoms with Gasteiger partial charge in [0.05, 0.1) is 17.3 Å². The molecule has 110 valence electrons. The number of carbonyl (C=O) groups excluding carboxylic acids is 5. The molecule has 0 unspecified atom stereocenters. The second-order valence-corrected chi connectivity index (χ2v) is 5.74. The van der Waals surface area contributed by atoms with Gasteiger partial charge in [0.2, 0.25) is 23.6 Å². The fourth-order valence-electron chi connectivity index (χ4n) is 3.56. The van der Waals surface area contributed by atoms with Crippen molar-refractivity contribution in [3.8, 4) is 0 Å². The van der Waals surface area contributed by atoms with Gasteiger partial charge in [-0.25, -0.2) is 0 Å². The Bertz CT molecular complexity index is 637. The summed E-state index contributed by atoms with van der Waals surface area (Å²) in [6.07, 6.45) is 2.39. The lowest BCUT2D eigenvalue weighted by atomic mass is 9.63. The number of fused-ring (bicyclic) bond motifs is 1.